The molecular weight excluding hydrogens is 532 g/mol. The first-order chi connectivity index (χ1) is 19.8. The van der Waals surface area contributed by atoms with Crippen LogP contribution in [0.3, 0.4) is 0 Å². The number of ether oxygens (including phenoxy) is 2. The maximum absolute atomic E-state index is 13.2. The van der Waals surface area contributed by atoms with Crippen LogP contribution in [0.2, 0.25) is 0 Å². The lowest BCUT2D eigenvalue weighted by Gasteiger charge is -2.25. The molecule has 0 amide bonds. The van der Waals surface area contributed by atoms with Gasteiger partial charge in [-0.3, -0.25) is 4.98 Å². The molecule has 0 saturated carbocycles. The zero-order valence-electron chi connectivity index (χ0n) is 25.9. The second-order valence-corrected chi connectivity index (χ2v) is 11.6. The Morgan fingerprint density at radius 1 is 1.21 bits per heavy atom. The van der Waals surface area contributed by atoms with Crippen LogP contribution in [0, 0.1) is 0 Å². The van der Waals surface area contributed by atoms with E-state index in [4.69, 9.17) is 25.2 Å². The number of fused-ring (bicyclic) bond motifs is 1. The third-order valence-electron chi connectivity index (χ3n) is 7.07. The number of rotatable bonds is 11. The number of likely N-dealkylation sites (N-methyl/N-ethyl adjacent to an activating group) is 2. The number of hydrogen-bond donors (Lipinski definition) is 2. The number of anilines is 6. The van der Waals surface area contributed by atoms with E-state index in [2.05, 4.69) is 40.5 Å². The number of hydrogen-bond acceptors (Lipinski definition) is 11. The molecule has 224 valence electrons. The standard InChI is InChI=1S/C31H42N8O3/c1-10-20-11-12-24-27(34-20)31(4,5)18-39(24)28-21(29(40)42-19(2)3)17-33-30(36-28)35-23-15-22(32)25(16-26(23)41-9)38(8)14-13-37(6)7/h10-12,15-17,19H,1,13-14,18,32H2,2-9H3,(H,33,35,36). The smallest absolute Gasteiger partial charge is 0.343 e. The van der Waals surface area contributed by atoms with Crippen LogP contribution in [0.1, 0.15) is 49.4 Å². The number of aromatic nitrogens is 3. The predicted molar refractivity (Wildman–Crippen MR) is 169 cm³/mol. The van der Waals surface area contributed by atoms with Crippen molar-refractivity contribution < 1.29 is 14.3 Å². The van der Waals surface area contributed by atoms with Gasteiger partial charge in [0.2, 0.25) is 5.95 Å². The fourth-order valence-corrected chi connectivity index (χ4v) is 4.87. The van der Waals surface area contributed by atoms with Gasteiger partial charge in [-0.25, -0.2) is 9.78 Å². The monoisotopic (exact) mass is 574 g/mol. The molecule has 2 aromatic heterocycles. The van der Waals surface area contributed by atoms with Crippen molar-refractivity contribution in [1.82, 2.24) is 19.9 Å². The summed E-state index contributed by atoms with van der Waals surface area (Å²) in [6.07, 6.45) is 2.91. The molecule has 1 aromatic carbocycles. The van der Waals surface area contributed by atoms with Gasteiger partial charge in [0.1, 0.15) is 11.3 Å². The lowest BCUT2D eigenvalue weighted by molar-refractivity contribution is 0.0378. The SMILES string of the molecule is C=Cc1ccc2c(n1)C(C)(C)CN2c1nc(Nc2cc(N)c(N(C)CCN(C)C)cc2OC)ncc1C(=O)OC(C)C. The van der Waals surface area contributed by atoms with E-state index in [0.717, 1.165) is 35.9 Å². The first kappa shape index (κ1) is 30.6. The highest BCUT2D eigenvalue weighted by Gasteiger charge is 2.40. The molecule has 11 heteroatoms. The Kier molecular flexibility index (Phi) is 8.91. The maximum atomic E-state index is 13.2. The summed E-state index contributed by atoms with van der Waals surface area (Å²) in [7, 11) is 7.66. The van der Waals surface area contributed by atoms with Crippen LogP contribution in [0.5, 0.6) is 5.75 Å². The van der Waals surface area contributed by atoms with Crippen molar-refractivity contribution in [2.45, 2.75) is 39.2 Å². The van der Waals surface area contributed by atoms with Crippen molar-refractivity contribution in [2.24, 2.45) is 0 Å². The Bertz CT molecular complexity index is 1470. The summed E-state index contributed by atoms with van der Waals surface area (Å²) in [6, 6.07) is 7.58. The summed E-state index contributed by atoms with van der Waals surface area (Å²) in [5, 5.41) is 3.25. The zero-order chi connectivity index (χ0) is 30.8. The summed E-state index contributed by atoms with van der Waals surface area (Å²) in [4.78, 5) is 33.5. The highest BCUT2D eigenvalue weighted by atomic mass is 16.5. The van der Waals surface area contributed by atoms with E-state index in [1.165, 1.54) is 6.20 Å². The highest BCUT2D eigenvalue weighted by Crippen LogP contribution is 2.44. The van der Waals surface area contributed by atoms with Crippen molar-refractivity contribution >= 4 is 46.6 Å². The molecule has 11 nitrogen and oxygen atoms in total. The van der Waals surface area contributed by atoms with E-state index in [-0.39, 0.29) is 23.0 Å². The molecule has 0 saturated heterocycles. The zero-order valence-corrected chi connectivity index (χ0v) is 25.9. The third-order valence-corrected chi connectivity index (χ3v) is 7.07. The van der Waals surface area contributed by atoms with E-state index < -0.39 is 5.97 Å². The fraction of sp³-hybridized carbons (Fsp3) is 0.419. The fourth-order valence-electron chi connectivity index (χ4n) is 4.87. The molecule has 0 radical (unpaired) electrons. The molecule has 0 spiro atoms. The van der Waals surface area contributed by atoms with Crippen LogP contribution >= 0.6 is 0 Å². The van der Waals surface area contributed by atoms with Crippen molar-refractivity contribution in [3.05, 3.63) is 54.0 Å². The number of carbonyl (C=O) groups is 1. The van der Waals surface area contributed by atoms with Gasteiger partial charge < -0.3 is 35.2 Å². The van der Waals surface area contributed by atoms with Gasteiger partial charge >= 0.3 is 5.97 Å². The summed E-state index contributed by atoms with van der Waals surface area (Å²) in [5.74, 6) is 0.781. The number of nitrogen functional groups attached to an aromatic ring is 1. The summed E-state index contributed by atoms with van der Waals surface area (Å²) < 4.78 is 11.3. The lowest BCUT2D eigenvalue weighted by Crippen LogP contribution is -2.29. The molecule has 0 atom stereocenters. The molecule has 3 aromatic rings. The molecule has 42 heavy (non-hydrogen) atoms. The average Bonchev–Trinajstić information content (AvgIpc) is 3.21. The molecule has 3 heterocycles. The number of carbonyl (C=O) groups excluding carboxylic acids is 1. The van der Waals surface area contributed by atoms with E-state index in [0.29, 0.717) is 29.5 Å². The van der Waals surface area contributed by atoms with Crippen LogP contribution in [0.25, 0.3) is 6.08 Å². The number of pyridine rings is 1. The van der Waals surface area contributed by atoms with Crippen LogP contribution in [0.15, 0.2) is 37.0 Å². The Hall–Kier alpha value is -4.38. The van der Waals surface area contributed by atoms with Gasteiger partial charge in [0, 0.05) is 44.4 Å². The minimum atomic E-state index is -0.500. The van der Waals surface area contributed by atoms with Crippen LogP contribution in [0.4, 0.5) is 34.5 Å². The van der Waals surface area contributed by atoms with Crippen molar-refractivity contribution in [3.63, 3.8) is 0 Å². The van der Waals surface area contributed by atoms with Crippen LogP contribution < -0.4 is 25.6 Å². The highest BCUT2D eigenvalue weighted by molar-refractivity contribution is 5.96. The number of benzene rings is 1. The third kappa shape index (κ3) is 6.41. The first-order valence-electron chi connectivity index (χ1n) is 13.9. The van der Waals surface area contributed by atoms with Crippen molar-refractivity contribution in [1.29, 1.82) is 0 Å². The number of methoxy groups -OCH3 is 1. The molecule has 4 rings (SSSR count). The molecule has 1 aliphatic rings. The lowest BCUT2D eigenvalue weighted by atomic mass is 9.91. The summed E-state index contributed by atoms with van der Waals surface area (Å²) >= 11 is 0. The molecule has 1 aliphatic heterocycles. The Labute approximate surface area is 248 Å². The quantitative estimate of drug-likeness (QED) is 0.242. The van der Waals surface area contributed by atoms with E-state index in [1.54, 1.807) is 19.3 Å². The van der Waals surface area contributed by atoms with Crippen molar-refractivity contribution in [3.8, 4) is 5.75 Å². The number of nitrogens with two attached hydrogens (primary N) is 1. The largest absolute Gasteiger partial charge is 0.494 e. The molecule has 0 bridgehead atoms. The molecule has 3 N–H and O–H groups in total. The van der Waals surface area contributed by atoms with Crippen molar-refractivity contribution in [2.75, 3.05) is 68.7 Å². The topological polar surface area (TPSA) is 122 Å². The van der Waals surface area contributed by atoms with E-state index in [1.807, 2.05) is 58.1 Å². The molecule has 0 aliphatic carbocycles. The minimum Gasteiger partial charge on any atom is -0.494 e. The summed E-state index contributed by atoms with van der Waals surface area (Å²) in [6.45, 7) is 13.9. The predicted octanol–water partition coefficient (Wildman–Crippen LogP) is 4.84. The Morgan fingerprint density at radius 2 is 1.95 bits per heavy atom. The van der Waals surface area contributed by atoms with E-state index in [9.17, 15) is 4.79 Å². The van der Waals surface area contributed by atoms with Gasteiger partial charge in [-0.1, -0.05) is 20.4 Å². The molecular formula is C31H42N8O3. The van der Waals surface area contributed by atoms with Gasteiger partial charge in [-0.2, -0.15) is 4.98 Å². The molecule has 0 unspecified atom stereocenters. The van der Waals surface area contributed by atoms with Crippen LogP contribution in [-0.4, -0.2) is 79.8 Å². The Balaban J connectivity index is 1.75. The maximum Gasteiger partial charge on any atom is 0.343 e. The normalized spacial score (nSPS) is 13.7. The first-order valence-corrected chi connectivity index (χ1v) is 13.9. The number of nitrogens with one attached hydrogen (secondary N) is 1. The van der Waals surface area contributed by atoms with Gasteiger partial charge in [-0.05, 0) is 52.2 Å². The summed E-state index contributed by atoms with van der Waals surface area (Å²) in [5.41, 5.74) is 11.0. The second kappa shape index (κ2) is 12.2. The van der Waals surface area contributed by atoms with Crippen LogP contribution in [-0.2, 0) is 10.2 Å². The average molecular weight is 575 g/mol. The van der Waals surface area contributed by atoms with Gasteiger partial charge in [-0.15, -0.1) is 0 Å². The van der Waals surface area contributed by atoms with Gasteiger partial charge in [0.25, 0.3) is 0 Å². The Morgan fingerprint density at radius 3 is 2.60 bits per heavy atom. The number of esters is 1. The second-order valence-electron chi connectivity index (χ2n) is 11.6. The number of nitrogens with zero attached hydrogens (tertiary/aromatic N) is 6. The minimum absolute atomic E-state index is 0.259. The van der Waals surface area contributed by atoms with E-state index >= 15 is 0 Å². The molecule has 0 fully saturated rings. The van der Waals surface area contributed by atoms with Gasteiger partial charge in [0.15, 0.2) is 5.82 Å². The van der Waals surface area contributed by atoms with Gasteiger partial charge in [0.05, 0.1) is 47.4 Å².